The molecule has 0 spiro atoms. The Bertz CT molecular complexity index is 462. The number of alkyl halides is 5. The highest BCUT2D eigenvalue weighted by molar-refractivity contribution is 6.33. The SMILES string of the molecule is O=[N+]([O-])c1c(C(F)(F)F)cnc(C(F)F)c1Cl. The van der Waals surface area contributed by atoms with Crippen LogP contribution in [0.4, 0.5) is 27.6 Å². The molecule has 0 aromatic carbocycles. The molecule has 1 aromatic heterocycles. The summed E-state index contributed by atoms with van der Waals surface area (Å²) in [5, 5.41) is 9.11. The van der Waals surface area contributed by atoms with Crippen molar-refractivity contribution >= 4 is 17.3 Å². The Morgan fingerprint density at radius 3 is 2.29 bits per heavy atom. The molecule has 0 bridgehead atoms. The largest absolute Gasteiger partial charge is 0.424 e. The number of rotatable bonds is 2. The fourth-order valence-electron chi connectivity index (χ4n) is 1.03. The van der Waals surface area contributed by atoms with E-state index in [-0.39, 0.29) is 6.20 Å². The van der Waals surface area contributed by atoms with Gasteiger partial charge in [0.05, 0.1) is 4.92 Å². The predicted molar refractivity (Wildman–Crippen MR) is 45.9 cm³/mol. The third-order valence-corrected chi connectivity index (χ3v) is 2.09. The molecule has 0 unspecified atom stereocenters. The van der Waals surface area contributed by atoms with E-state index in [0.717, 1.165) is 0 Å². The summed E-state index contributed by atoms with van der Waals surface area (Å²) in [6.07, 6.45) is -8.44. The van der Waals surface area contributed by atoms with Gasteiger partial charge in [-0.1, -0.05) is 11.6 Å². The first kappa shape index (κ1) is 13.6. The number of nitro groups is 1. The Morgan fingerprint density at radius 2 is 1.94 bits per heavy atom. The molecule has 0 saturated carbocycles. The standard InChI is InChI=1S/C7H2ClF5N2O2/c8-3-4(6(9)10)14-1-2(7(11,12)13)5(3)15(16)17/h1,6H. The van der Waals surface area contributed by atoms with E-state index < -0.39 is 39.5 Å². The molecule has 1 heterocycles. The van der Waals surface area contributed by atoms with Crippen LogP contribution in [0.25, 0.3) is 0 Å². The first-order chi connectivity index (χ1) is 7.66. The second kappa shape index (κ2) is 4.40. The molecule has 0 aliphatic heterocycles. The molecular formula is C7H2ClF5N2O2. The Hall–Kier alpha value is -1.51. The number of nitrogens with zero attached hydrogens (tertiary/aromatic N) is 2. The zero-order chi connectivity index (χ0) is 13.4. The summed E-state index contributed by atoms with van der Waals surface area (Å²) >= 11 is 5.13. The van der Waals surface area contributed by atoms with Crippen LogP contribution in [0.15, 0.2) is 6.20 Å². The summed E-state index contributed by atoms with van der Waals surface area (Å²) < 4.78 is 61.5. The van der Waals surface area contributed by atoms with Crippen molar-refractivity contribution in [3.05, 3.63) is 32.6 Å². The zero-order valence-corrected chi connectivity index (χ0v) is 8.39. The summed E-state index contributed by atoms with van der Waals surface area (Å²) in [5.41, 5.74) is -4.65. The van der Waals surface area contributed by atoms with Gasteiger partial charge in [0.25, 0.3) is 6.43 Å². The Labute approximate surface area is 95.2 Å². The molecule has 1 rings (SSSR count). The maximum Gasteiger partial charge on any atom is 0.424 e. The predicted octanol–water partition coefficient (Wildman–Crippen LogP) is 3.60. The number of pyridine rings is 1. The Kier molecular flexibility index (Phi) is 3.51. The molecule has 0 amide bonds. The first-order valence-electron chi connectivity index (χ1n) is 3.84. The lowest BCUT2D eigenvalue weighted by Gasteiger charge is -2.09. The van der Waals surface area contributed by atoms with Gasteiger partial charge in [-0.3, -0.25) is 15.1 Å². The molecule has 94 valence electrons. The van der Waals surface area contributed by atoms with Crippen LogP contribution in [0.1, 0.15) is 17.7 Å². The number of halogens is 6. The van der Waals surface area contributed by atoms with Gasteiger partial charge in [-0.05, 0) is 0 Å². The van der Waals surface area contributed by atoms with E-state index in [4.69, 9.17) is 11.6 Å². The molecule has 0 saturated heterocycles. The Balaban J connectivity index is 3.57. The van der Waals surface area contributed by atoms with Crippen LogP contribution in [0.2, 0.25) is 5.02 Å². The molecule has 0 N–H and O–H groups in total. The lowest BCUT2D eigenvalue weighted by atomic mass is 10.2. The van der Waals surface area contributed by atoms with Crippen LogP contribution in [-0.4, -0.2) is 9.91 Å². The monoisotopic (exact) mass is 276 g/mol. The third-order valence-electron chi connectivity index (χ3n) is 1.72. The van der Waals surface area contributed by atoms with E-state index in [9.17, 15) is 32.1 Å². The third kappa shape index (κ3) is 2.60. The number of hydrogen-bond donors (Lipinski definition) is 0. The van der Waals surface area contributed by atoms with Crippen LogP contribution in [0.5, 0.6) is 0 Å². The van der Waals surface area contributed by atoms with E-state index in [0.29, 0.717) is 0 Å². The van der Waals surface area contributed by atoms with Gasteiger partial charge in [-0.15, -0.1) is 0 Å². The van der Waals surface area contributed by atoms with Gasteiger partial charge in [0.1, 0.15) is 10.7 Å². The van der Waals surface area contributed by atoms with Crippen molar-refractivity contribution in [1.29, 1.82) is 0 Å². The number of aromatic nitrogens is 1. The lowest BCUT2D eigenvalue weighted by Crippen LogP contribution is -2.11. The smallest absolute Gasteiger partial charge is 0.258 e. The minimum absolute atomic E-state index is 0.0362. The summed E-state index contributed by atoms with van der Waals surface area (Å²) in [6, 6.07) is 0. The van der Waals surface area contributed by atoms with E-state index in [1.165, 1.54) is 0 Å². The first-order valence-corrected chi connectivity index (χ1v) is 4.22. The van der Waals surface area contributed by atoms with Crippen LogP contribution in [0, 0.1) is 10.1 Å². The van der Waals surface area contributed by atoms with E-state index in [1.54, 1.807) is 0 Å². The maximum atomic E-state index is 12.3. The van der Waals surface area contributed by atoms with Crippen LogP contribution >= 0.6 is 11.6 Å². The van der Waals surface area contributed by atoms with Gasteiger partial charge >= 0.3 is 11.9 Å². The van der Waals surface area contributed by atoms with Crippen molar-refractivity contribution in [2.45, 2.75) is 12.6 Å². The normalized spacial score (nSPS) is 11.9. The van der Waals surface area contributed by atoms with Crippen molar-refractivity contribution in [1.82, 2.24) is 4.98 Å². The second-order valence-electron chi connectivity index (χ2n) is 2.78. The molecule has 4 nitrogen and oxygen atoms in total. The minimum Gasteiger partial charge on any atom is -0.258 e. The summed E-state index contributed by atoms with van der Waals surface area (Å²) in [5.74, 6) is 0. The highest BCUT2D eigenvalue weighted by Crippen LogP contribution is 2.42. The average molecular weight is 277 g/mol. The molecule has 1 aromatic rings. The van der Waals surface area contributed by atoms with E-state index in [2.05, 4.69) is 4.98 Å². The van der Waals surface area contributed by atoms with E-state index in [1.807, 2.05) is 0 Å². The quantitative estimate of drug-likeness (QED) is 0.471. The van der Waals surface area contributed by atoms with Crippen LogP contribution < -0.4 is 0 Å². The summed E-state index contributed by atoms with van der Waals surface area (Å²) in [4.78, 5) is 11.7. The number of hydrogen-bond acceptors (Lipinski definition) is 3. The fraction of sp³-hybridized carbons (Fsp3) is 0.286. The molecule has 0 fully saturated rings. The van der Waals surface area contributed by atoms with Gasteiger partial charge in [0.15, 0.2) is 5.56 Å². The molecule has 0 aliphatic carbocycles. The molecular weight excluding hydrogens is 275 g/mol. The lowest BCUT2D eigenvalue weighted by molar-refractivity contribution is -0.388. The van der Waals surface area contributed by atoms with Gasteiger partial charge in [0, 0.05) is 6.20 Å². The van der Waals surface area contributed by atoms with Gasteiger partial charge in [0.2, 0.25) is 0 Å². The average Bonchev–Trinajstić information content (AvgIpc) is 2.14. The molecule has 10 heteroatoms. The van der Waals surface area contributed by atoms with Gasteiger partial charge in [-0.2, -0.15) is 13.2 Å². The maximum absolute atomic E-state index is 12.3. The van der Waals surface area contributed by atoms with Crippen molar-refractivity contribution in [3.63, 3.8) is 0 Å². The van der Waals surface area contributed by atoms with Gasteiger partial charge < -0.3 is 0 Å². The van der Waals surface area contributed by atoms with Gasteiger partial charge in [-0.25, -0.2) is 8.78 Å². The topological polar surface area (TPSA) is 56.0 Å². The molecule has 17 heavy (non-hydrogen) atoms. The van der Waals surface area contributed by atoms with E-state index >= 15 is 0 Å². The highest BCUT2D eigenvalue weighted by atomic mass is 35.5. The van der Waals surface area contributed by atoms with Crippen LogP contribution in [0.3, 0.4) is 0 Å². The summed E-state index contributed by atoms with van der Waals surface area (Å²) in [7, 11) is 0. The fourth-order valence-corrected chi connectivity index (χ4v) is 1.33. The van der Waals surface area contributed by atoms with Crippen molar-refractivity contribution in [3.8, 4) is 0 Å². The van der Waals surface area contributed by atoms with Crippen molar-refractivity contribution in [2.24, 2.45) is 0 Å². The summed E-state index contributed by atoms with van der Waals surface area (Å²) in [6.45, 7) is 0. The molecule has 0 radical (unpaired) electrons. The Morgan fingerprint density at radius 1 is 1.41 bits per heavy atom. The minimum atomic E-state index is -5.10. The molecule has 0 aliphatic rings. The second-order valence-corrected chi connectivity index (χ2v) is 3.15. The molecule has 0 atom stereocenters. The zero-order valence-electron chi connectivity index (χ0n) is 7.63. The van der Waals surface area contributed by atoms with Crippen molar-refractivity contribution < 1.29 is 26.9 Å². The highest BCUT2D eigenvalue weighted by Gasteiger charge is 2.42. The van der Waals surface area contributed by atoms with Crippen molar-refractivity contribution in [2.75, 3.05) is 0 Å². The van der Waals surface area contributed by atoms with Crippen LogP contribution in [-0.2, 0) is 6.18 Å².